The van der Waals surface area contributed by atoms with Crippen molar-refractivity contribution in [1.29, 1.82) is 0 Å². The van der Waals surface area contributed by atoms with Crippen molar-refractivity contribution in [3.8, 4) is 0 Å². The van der Waals surface area contributed by atoms with Crippen LogP contribution in [0.15, 0.2) is 54.6 Å². The molecule has 3 heteroatoms. The molecule has 1 aliphatic rings. The molecule has 116 valence electrons. The minimum atomic E-state index is -0.697. The second-order valence-electron chi connectivity index (χ2n) is 6.28. The maximum Gasteiger partial charge on any atom is 0.128 e. The van der Waals surface area contributed by atoms with Crippen molar-refractivity contribution in [1.82, 2.24) is 4.90 Å². The van der Waals surface area contributed by atoms with Crippen LogP contribution in [-0.4, -0.2) is 24.5 Å². The smallest absolute Gasteiger partial charge is 0.128 e. The largest absolute Gasteiger partial charge is 0.320 e. The molecule has 2 nitrogen and oxygen atoms in total. The summed E-state index contributed by atoms with van der Waals surface area (Å²) in [5, 5.41) is 0. The van der Waals surface area contributed by atoms with Crippen molar-refractivity contribution in [2.45, 2.75) is 24.8 Å². The van der Waals surface area contributed by atoms with E-state index in [9.17, 15) is 4.39 Å². The van der Waals surface area contributed by atoms with Crippen LogP contribution in [0.3, 0.4) is 0 Å². The Hall–Kier alpha value is -1.71. The van der Waals surface area contributed by atoms with E-state index >= 15 is 0 Å². The molecule has 0 saturated carbocycles. The fourth-order valence-electron chi connectivity index (χ4n) is 3.40. The van der Waals surface area contributed by atoms with Gasteiger partial charge in [0.15, 0.2) is 0 Å². The molecule has 2 aromatic rings. The van der Waals surface area contributed by atoms with Crippen molar-refractivity contribution in [3.05, 3.63) is 71.5 Å². The number of likely N-dealkylation sites (tertiary alicyclic amines) is 1. The van der Waals surface area contributed by atoms with Gasteiger partial charge in [0.2, 0.25) is 0 Å². The first-order valence-electron chi connectivity index (χ1n) is 7.98. The quantitative estimate of drug-likeness (QED) is 0.917. The van der Waals surface area contributed by atoms with Crippen molar-refractivity contribution >= 4 is 0 Å². The third-order valence-corrected chi connectivity index (χ3v) is 4.48. The van der Waals surface area contributed by atoms with Gasteiger partial charge in [-0.3, -0.25) is 0 Å². The lowest BCUT2D eigenvalue weighted by Gasteiger charge is -2.34. The molecule has 1 atom stereocenters. The first-order valence-corrected chi connectivity index (χ1v) is 7.98. The normalized spacial score (nSPS) is 18.3. The van der Waals surface area contributed by atoms with Crippen molar-refractivity contribution in [3.63, 3.8) is 0 Å². The van der Waals surface area contributed by atoms with Crippen LogP contribution in [0.1, 0.15) is 24.0 Å². The summed E-state index contributed by atoms with van der Waals surface area (Å²) in [5.74, 6) is -0.208. The summed E-state index contributed by atoms with van der Waals surface area (Å²) < 4.78 is 14.4. The summed E-state index contributed by atoms with van der Waals surface area (Å²) in [7, 11) is 0. The molecule has 1 saturated heterocycles. The molecule has 3 rings (SSSR count). The molecular formula is C19H23FN2. The number of halogens is 1. The number of benzene rings is 2. The van der Waals surface area contributed by atoms with Gasteiger partial charge in [0, 0.05) is 12.1 Å². The Balaban J connectivity index is 1.92. The van der Waals surface area contributed by atoms with Gasteiger partial charge in [0.1, 0.15) is 5.82 Å². The van der Waals surface area contributed by atoms with Gasteiger partial charge in [-0.2, -0.15) is 0 Å². The maximum absolute atomic E-state index is 14.4. The maximum atomic E-state index is 14.4. The van der Waals surface area contributed by atoms with Crippen LogP contribution in [0.4, 0.5) is 4.39 Å². The Morgan fingerprint density at radius 2 is 1.59 bits per heavy atom. The number of hydrogen-bond acceptors (Lipinski definition) is 2. The van der Waals surface area contributed by atoms with Crippen LogP contribution in [0.5, 0.6) is 0 Å². The van der Waals surface area contributed by atoms with Crippen molar-refractivity contribution in [2.24, 2.45) is 5.73 Å². The lowest BCUT2D eigenvalue weighted by atomic mass is 9.84. The molecule has 2 aromatic carbocycles. The Morgan fingerprint density at radius 1 is 0.955 bits per heavy atom. The molecule has 2 N–H and O–H groups in total. The third kappa shape index (κ3) is 3.37. The van der Waals surface area contributed by atoms with Gasteiger partial charge in [0.25, 0.3) is 0 Å². The van der Waals surface area contributed by atoms with Crippen molar-refractivity contribution < 1.29 is 4.39 Å². The molecule has 0 aromatic heterocycles. The average Bonchev–Trinajstić information content (AvgIpc) is 3.01. The zero-order valence-corrected chi connectivity index (χ0v) is 12.8. The van der Waals surface area contributed by atoms with Gasteiger partial charge in [-0.1, -0.05) is 48.5 Å². The standard InChI is InChI=1S/C19H23FN2/c20-18-11-5-4-10-17(18)19(21,15-22-12-6-7-13-22)14-16-8-2-1-3-9-16/h1-5,8-11H,6-7,12-15,21H2. The minimum absolute atomic E-state index is 0.208. The molecular weight excluding hydrogens is 275 g/mol. The van der Waals surface area contributed by atoms with Gasteiger partial charge in [-0.05, 0) is 44.0 Å². The Bertz CT molecular complexity index is 608. The van der Waals surface area contributed by atoms with Gasteiger partial charge in [-0.25, -0.2) is 4.39 Å². The molecule has 1 unspecified atom stereocenters. The fraction of sp³-hybridized carbons (Fsp3) is 0.368. The molecule has 1 fully saturated rings. The van der Waals surface area contributed by atoms with E-state index in [-0.39, 0.29) is 5.82 Å². The molecule has 0 radical (unpaired) electrons. The van der Waals surface area contributed by atoms with Crippen molar-refractivity contribution in [2.75, 3.05) is 19.6 Å². The number of nitrogens with two attached hydrogens (primary N) is 1. The van der Waals surface area contributed by atoms with Gasteiger partial charge >= 0.3 is 0 Å². The summed E-state index contributed by atoms with van der Waals surface area (Å²) in [4.78, 5) is 2.36. The van der Waals surface area contributed by atoms with E-state index in [1.54, 1.807) is 6.07 Å². The summed E-state index contributed by atoms with van der Waals surface area (Å²) in [6, 6.07) is 17.1. The van der Waals surface area contributed by atoms with E-state index in [0.717, 1.165) is 18.7 Å². The van der Waals surface area contributed by atoms with E-state index in [2.05, 4.69) is 17.0 Å². The van der Waals surface area contributed by atoms with E-state index in [0.29, 0.717) is 18.5 Å². The topological polar surface area (TPSA) is 29.3 Å². The molecule has 1 aliphatic heterocycles. The number of nitrogens with zero attached hydrogens (tertiary/aromatic N) is 1. The monoisotopic (exact) mass is 298 g/mol. The summed E-state index contributed by atoms with van der Waals surface area (Å²) in [5.41, 5.74) is 7.82. The van der Waals surface area contributed by atoms with Gasteiger partial charge in [-0.15, -0.1) is 0 Å². The van der Waals surface area contributed by atoms with Crippen LogP contribution in [0, 0.1) is 5.82 Å². The lowest BCUT2D eigenvalue weighted by Crippen LogP contribution is -2.49. The van der Waals surface area contributed by atoms with Crippen LogP contribution in [0.2, 0.25) is 0 Å². The van der Waals surface area contributed by atoms with Crippen LogP contribution < -0.4 is 5.73 Å². The Labute approximate surface area is 131 Å². The van der Waals surface area contributed by atoms with Crippen LogP contribution >= 0.6 is 0 Å². The average molecular weight is 298 g/mol. The molecule has 0 spiro atoms. The van der Waals surface area contributed by atoms with Crippen LogP contribution in [-0.2, 0) is 12.0 Å². The summed E-state index contributed by atoms with van der Waals surface area (Å²) in [6.45, 7) is 2.81. The Morgan fingerprint density at radius 3 is 2.27 bits per heavy atom. The van der Waals surface area contributed by atoms with E-state index < -0.39 is 5.54 Å². The van der Waals surface area contributed by atoms with E-state index in [1.165, 1.54) is 18.9 Å². The van der Waals surface area contributed by atoms with E-state index in [4.69, 9.17) is 5.73 Å². The highest BCUT2D eigenvalue weighted by Gasteiger charge is 2.33. The SMILES string of the molecule is NC(Cc1ccccc1)(CN1CCCC1)c1ccccc1F. The molecule has 0 bridgehead atoms. The lowest BCUT2D eigenvalue weighted by molar-refractivity contribution is 0.241. The predicted molar refractivity (Wildman–Crippen MR) is 88.1 cm³/mol. The zero-order valence-electron chi connectivity index (χ0n) is 12.8. The molecule has 22 heavy (non-hydrogen) atoms. The molecule has 0 aliphatic carbocycles. The van der Waals surface area contributed by atoms with Crippen LogP contribution in [0.25, 0.3) is 0 Å². The second-order valence-corrected chi connectivity index (χ2v) is 6.28. The molecule has 0 amide bonds. The second kappa shape index (κ2) is 6.59. The predicted octanol–water partition coefficient (Wildman–Crippen LogP) is 3.32. The highest BCUT2D eigenvalue weighted by atomic mass is 19.1. The first kappa shape index (κ1) is 15.2. The number of hydrogen-bond donors (Lipinski definition) is 1. The highest BCUT2D eigenvalue weighted by Crippen LogP contribution is 2.28. The fourth-order valence-corrected chi connectivity index (χ4v) is 3.40. The number of rotatable bonds is 5. The summed E-state index contributed by atoms with van der Waals surface area (Å²) in [6.07, 6.45) is 3.06. The summed E-state index contributed by atoms with van der Waals surface area (Å²) >= 11 is 0. The zero-order chi connectivity index (χ0) is 15.4. The third-order valence-electron chi connectivity index (χ3n) is 4.48. The molecule has 1 heterocycles. The first-order chi connectivity index (χ1) is 10.7. The minimum Gasteiger partial charge on any atom is -0.320 e. The van der Waals surface area contributed by atoms with Gasteiger partial charge in [0.05, 0.1) is 5.54 Å². The van der Waals surface area contributed by atoms with Gasteiger partial charge < -0.3 is 10.6 Å². The van der Waals surface area contributed by atoms with E-state index in [1.807, 2.05) is 30.3 Å². The highest BCUT2D eigenvalue weighted by molar-refractivity contribution is 5.30. The Kier molecular flexibility index (Phi) is 4.55.